The number of carbonyl (C=O) groups is 1. The zero-order valence-electron chi connectivity index (χ0n) is 12.4. The van der Waals surface area contributed by atoms with E-state index < -0.39 is 0 Å². The molecular formula is C15H20N4OS. The average Bonchev–Trinajstić information content (AvgIpc) is 3.07. The number of hydrogen-bond acceptors (Lipinski definition) is 4. The summed E-state index contributed by atoms with van der Waals surface area (Å²) in [5.41, 5.74) is 2.49. The Morgan fingerprint density at radius 3 is 3.00 bits per heavy atom. The van der Waals surface area contributed by atoms with Crippen LogP contribution in [0.1, 0.15) is 11.3 Å². The number of carbonyl (C=O) groups excluding carboxylic acids is 1. The zero-order chi connectivity index (χ0) is 14.8. The van der Waals surface area contributed by atoms with Crippen molar-refractivity contribution in [1.29, 1.82) is 0 Å². The van der Waals surface area contributed by atoms with E-state index in [1.807, 2.05) is 31.0 Å². The molecule has 1 aliphatic rings. The number of aromatic nitrogens is 2. The second-order valence-electron chi connectivity index (χ2n) is 5.74. The van der Waals surface area contributed by atoms with Gasteiger partial charge in [-0.2, -0.15) is 16.4 Å². The molecule has 2 aromatic rings. The molecule has 112 valence electrons. The third-order valence-corrected chi connectivity index (χ3v) is 4.57. The third kappa shape index (κ3) is 3.16. The number of nitrogens with zero attached hydrogens (tertiary/aromatic N) is 4. The lowest BCUT2D eigenvalue weighted by Crippen LogP contribution is -2.38. The minimum absolute atomic E-state index is 0.0419. The Morgan fingerprint density at radius 1 is 1.43 bits per heavy atom. The quantitative estimate of drug-likeness (QED) is 0.866. The molecule has 1 amide bonds. The maximum Gasteiger partial charge on any atom is 0.228 e. The van der Waals surface area contributed by atoms with Crippen molar-refractivity contribution in [1.82, 2.24) is 19.6 Å². The van der Waals surface area contributed by atoms with Crippen molar-refractivity contribution in [3.05, 3.63) is 40.3 Å². The van der Waals surface area contributed by atoms with E-state index in [9.17, 15) is 4.79 Å². The fourth-order valence-electron chi connectivity index (χ4n) is 2.81. The van der Waals surface area contributed by atoms with E-state index in [-0.39, 0.29) is 11.8 Å². The largest absolute Gasteiger partial charge is 0.348 e. The minimum atomic E-state index is -0.0419. The first-order valence-electron chi connectivity index (χ1n) is 7.09. The number of thiophene rings is 1. The highest BCUT2D eigenvalue weighted by molar-refractivity contribution is 7.07. The van der Waals surface area contributed by atoms with Gasteiger partial charge in [-0.3, -0.25) is 14.4 Å². The van der Waals surface area contributed by atoms with Gasteiger partial charge < -0.3 is 4.90 Å². The predicted molar refractivity (Wildman–Crippen MR) is 82.8 cm³/mol. The van der Waals surface area contributed by atoms with Gasteiger partial charge in [0, 0.05) is 39.9 Å². The van der Waals surface area contributed by atoms with E-state index in [1.165, 1.54) is 11.3 Å². The Kier molecular flexibility index (Phi) is 4.07. The molecule has 0 N–H and O–H groups in total. The van der Waals surface area contributed by atoms with Crippen LogP contribution in [0.4, 0.5) is 0 Å². The van der Waals surface area contributed by atoms with Crippen molar-refractivity contribution in [2.45, 2.75) is 19.6 Å². The normalized spacial score (nSPS) is 19.0. The molecule has 0 aliphatic carbocycles. The summed E-state index contributed by atoms with van der Waals surface area (Å²) in [4.78, 5) is 16.4. The molecule has 5 nitrogen and oxygen atoms in total. The van der Waals surface area contributed by atoms with Crippen LogP contribution in [0.3, 0.4) is 0 Å². The molecule has 0 bridgehead atoms. The Morgan fingerprint density at radius 2 is 2.29 bits per heavy atom. The van der Waals surface area contributed by atoms with E-state index in [1.54, 1.807) is 16.2 Å². The number of amides is 1. The fourth-order valence-corrected chi connectivity index (χ4v) is 3.47. The van der Waals surface area contributed by atoms with Gasteiger partial charge in [-0.25, -0.2) is 0 Å². The molecule has 6 heteroatoms. The van der Waals surface area contributed by atoms with Crippen LogP contribution in [0.15, 0.2) is 29.1 Å². The molecule has 21 heavy (non-hydrogen) atoms. The second kappa shape index (κ2) is 5.99. The monoisotopic (exact) mass is 304 g/mol. The van der Waals surface area contributed by atoms with Gasteiger partial charge in [-0.15, -0.1) is 0 Å². The molecule has 0 saturated carbocycles. The van der Waals surface area contributed by atoms with Gasteiger partial charge in [-0.1, -0.05) is 0 Å². The van der Waals surface area contributed by atoms with Gasteiger partial charge in [0.25, 0.3) is 0 Å². The first kappa shape index (κ1) is 14.3. The van der Waals surface area contributed by atoms with E-state index >= 15 is 0 Å². The predicted octanol–water partition coefficient (Wildman–Crippen LogP) is 1.66. The van der Waals surface area contributed by atoms with Crippen molar-refractivity contribution in [3.8, 4) is 0 Å². The van der Waals surface area contributed by atoms with E-state index in [4.69, 9.17) is 0 Å². The number of hydrogen-bond donors (Lipinski definition) is 0. The highest BCUT2D eigenvalue weighted by Gasteiger charge is 2.28. The molecular weight excluding hydrogens is 284 g/mol. The van der Waals surface area contributed by atoms with Crippen molar-refractivity contribution in [2.24, 2.45) is 5.92 Å². The van der Waals surface area contributed by atoms with Gasteiger partial charge in [0.2, 0.25) is 5.91 Å². The van der Waals surface area contributed by atoms with Crippen LogP contribution in [-0.2, 0) is 24.4 Å². The van der Waals surface area contributed by atoms with Crippen LogP contribution >= 0.6 is 11.3 Å². The average molecular weight is 304 g/mol. The third-order valence-electron chi connectivity index (χ3n) is 3.84. The molecule has 1 atom stereocenters. The lowest BCUT2D eigenvalue weighted by molar-refractivity contribution is -0.134. The Bertz CT molecular complexity index is 605. The summed E-state index contributed by atoms with van der Waals surface area (Å²) in [6, 6.07) is 4.19. The molecule has 0 saturated heterocycles. The molecule has 0 fully saturated rings. The number of rotatable bonds is 3. The standard InChI is InChI=1S/C15H20N4OS/c1-17(2)15(20)13-8-18(7-12-4-6-21-11-12)10-14-3-5-16-19(14)9-13/h3-6,11,13H,7-10H2,1-2H3/t13-/m0/s1. The molecule has 0 unspecified atom stereocenters. The van der Waals surface area contributed by atoms with Crippen LogP contribution in [0.25, 0.3) is 0 Å². The summed E-state index contributed by atoms with van der Waals surface area (Å²) in [6.45, 7) is 3.16. The van der Waals surface area contributed by atoms with Crippen molar-refractivity contribution in [2.75, 3.05) is 20.6 Å². The van der Waals surface area contributed by atoms with Crippen molar-refractivity contribution < 1.29 is 4.79 Å². The van der Waals surface area contributed by atoms with Crippen LogP contribution in [0.5, 0.6) is 0 Å². The summed E-state index contributed by atoms with van der Waals surface area (Å²) in [5.74, 6) is 0.133. The van der Waals surface area contributed by atoms with Gasteiger partial charge in [0.1, 0.15) is 0 Å². The minimum Gasteiger partial charge on any atom is -0.348 e. The summed E-state index contributed by atoms with van der Waals surface area (Å²) in [5, 5.41) is 8.63. The van der Waals surface area contributed by atoms with E-state index in [0.29, 0.717) is 6.54 Å². The first-order valence-corrected chi connectivity index (χ1v) is 8.03. The van der Waals surface area contributed by atoms with Gasteiger partial charge >= 0.3 is 0 Å². The summed E-state index contributed by atoms with van der Waals surface area (Å²) >= 11 is 1.71. The lowest BCUT2D eigenvalue weighted by Gasteiger charge is -2.24. The Balaban J connectivity index is 1.82. The SMILES string of the molecule is CN(C)C(=O)[C@H]1CN(Cc2ccsc2)Cc2ccnn2C1. The maximum atomic E-state index is 12.4. The van der Waals surface area contributed by atoms with Gasteiger partial charge in [0.15, 0.2) is 0 Å². The smallest absolute Gasteiger partial charge is 0.228 e. The molecule has 0 spiro atoms. The highest BCUT2D eigenvalue weighted by atomic mass is 32.1. The maximum absolute atomic E-state index is 12.4. The zero-order valence-corrected chi connectivity index (χ0v) is 13.2. The van der Waals surface area contributed by atoms with Crippen molar-refractivity contribution in [3.63, 3.8) is 0 Å². The fraction of sp³-hybridized carbons (Fsp3) is 0.467. The van der Waals surface area contributed by atoms with Crippen LogP contribution in [0.2, 0.25) is 0 Å². The summed E-state index contributed by atoms with van der Waals surface area (Å²) < 4.78 is 1.97. The lowest BCUT2D eigenvalue weighted by atomic mass is 10.1. The molecule has 3 rings (SSSR count). The molecule has 2 aromatic heterocycles. The van der Waals surface area contributed by atoms with Crippen molar-refractivity contribution >= 4 is 17.2 Å². The Labute approximate surface area is 128 Å². The summed E-state index contributed by atoms with van der Waals surface area (Å²) in [7, 11) is 3.64. The van der Waals surface area contributed by atoms with Crippen LogP contribution in [0, 0.1) is 5.92 Å². The van der Waals surface area contributed by atoms with Gasteiger partial charge in [0.05, 0.1) is 18.2 Å². The molecule has 0 aromatic carbocycles. The highest BCUT2D eigenvalue weighted by Crippen LogP contribution is 2.20. The summed E-state index contributed by atoms with van der Waals surface area (Å²) in [6.07, 6.45) is 1.82. The van der Waals surface area contributed by atoms with E-state index in [2.05, 4.69) is 26.8 Å². The van der Waals surface area contributed by atoms with E-state index in [0.717, 1.165) is 19.6 Å². The van der Waals surface area contributed by atoms with Crippen LogP contribution in [-0.4, -0.2) is 46.1 Å². The van der Waals surface area contributed by atoms with Crippen LogP contribution < -0.4 is 0 Å². The van der Waals surface area contributed by atoms with Gasteiger partial charge in [-0.05, 0) is 28.5 Å². The molecule has 0 radical (unpaired) electrons. The first-order chi connectivity index (χ1) is 10.1. The molecule has 1 aliphatic heterocycles. The molecule has 3 heterocycles. The number of fused-ring (bicyclic) bond motifs is 1. The topological polar surface area (TPSA) is 41.4 Å². The second-order valence-corrected chi connectivity index (χ2v) is 6.52. The Hall–Kier alpha value is -1.66.